The molecular formula is C18H20INOS. The Labute approximate surface area is 151 Å². The molecule has 0 radical (unpaired) electrons. The van der Waals surface area contributed by atoms with Crippen LogP contribution in [0, 0.1) is 17.4 Å². The summed E-state index contributed by atoms with van der Waals surface area (Å²) in [5.74, 6) is 0.924. The topological polar surface area (TPSA) is 21.3 Å². The van der Waals surface area contributed by atoms with Gasteiger partial charge in [-0.3, -0.25) is 0 Å². The van der Waals surface area contributed by atoms with Gasteiger partial charge in [-0.05, 0) is 66.6 Å². The lowest BCUT2D eigenvalue weighted by atomic mass is 10.1. The number of hydrogen-bond acceptors (Lipinski definition) is 2. The molecule has 2 rings (SSSR count). The Hall–Kier alpha value is -1.14. The molecule has 2 aromatic carbocycles. The lowest BCUT2D eigenvalue weighted by molar-refractivity contribution is 0.304. The van der Waals surface area contributed by atoms with E-state index in [0.717, 1.165) is 34.0 Å². The van der Waals surface area contributed by atoms with Crippen LogP contribution >= 0.6 is 34.8 Å². The van der Waals surface area contributed by atoms with E-state index in [1.807, 2.05) is 6.07 Å². The van der Waals surface area contributed by atoms with Gasteiger partial charge in [-0.15, -0.1) is 0 Å². The summed E-state index contributed by atoms with van der Waals surface area (Å²) >= 11 is 7.60. The number of anilines is 1. The zero-order chi connectivity index (χ0) is 16.1. The van der Waals surface area contributed by atoms with Crippen molar-refractivity contribution in [3.8, 4) is 5.75 Å². The quantitative estimate of drug-likeness (QED) is 0.495. The van der Waals surface area contributed by atoms with Crippen LogP contribution in [-0.4, -0.2) is 4.99 Å². The molecule has 0 aliphatic heterocycles. The SMILES string of the molecule is CCC(=S)Nc1cc(I)ccc1COc1ccc(C)cc1C. The molecule has 0 atom stereocenters. The number of thiocarbonyl (C=S) groups is 1. The maximum atomic E-state index is 5.99. The third-order valence-electron chi connectivity index (χ3n) is 3.38. The molecule has 4 heteroatoms. The minimum absolute atomic E-state index is 0.523. The third-order valence-corrected chi connectivity index (χ3v) is 4.44. The van der Waals surface area contributed by atoms with E-state index in [-0.39, 0.29) is 0 Å². The largest absolute Gasteiger partial charge is 0.489 e. The lowest BCUT2D eigenvalue weighted by Crippen LogP contribution is -2.10. The first kappa shape index (κ1) is 17.2. The van der Waals surface area contributed by atoms with E-state index in [9.17, 15) is 0 Å². The molecule has 0 spiro atoms. The smallest absolute Gasteiger partial charge is 0.122 e. The average molecular weight is 425 g/mol. The van der Waals surface area contributed by atoms with E-state index in [2.05, 4.69) is 79.0 Å². The molecule has 0 saturated carbocycles. The van der Waals surface area contributed by atoms with Crippen LogP contribution in [0.5, 0.6) is 5.75 Å². The van der Waals surface area contributed by atoms with Crippen molar-refractivity contribution in [3.05, 3.63) is 56.7 Å². The predicted molar refractivity (Wildman–Crippen MR) is 106 cm³/mol. The number of ether oxygens (including phenoxy) is 1. The molecule has 2 nitrogen and oxygen atoms in total. The fourth-order valence-corrected chi connectivity index (χ4v) is 2.75. The second-order valence-corrected chi connectivity index (χ2v) is 7.00. The highest BCUT2D eigenvalue weighted by atomic mass is 127. The molecule has 2 aromatic rings. The summed E-state index contributed by atoms with van der Waals surface area (Å²) in [6.07, 6.45) is 0.832. The Bertz CT molecular complexity index is 685. The second kappa shape index (κ2) is 7.92. The maximum absolute atomic E-state index is 5.99. The Kier molecular flexibility index (Phi) is 6.20. The van der Waals surface area contributed by atoms with E-state index >= 15 is 0 Å². The number of nitrogens with one attached hydrogen (secondary N) is 1. The van der Waals surface area contributed by atoms with Crippen LogP contribution in [0.3, 0.4) is 0 Å². The third kappa shape index (κ3) is 4.68. The van der Waals surface area contributed by atoms with Crippen LogP contribution in [0.1, 0.15) is 30.0 Å². The first-order valence-electron chi connectivity index (χ1n) is 7.28. The van der Waals surface area contributed by atoms with Gasteiger partial charge in [-0.2, -0.15) is 0 Å². The van der Waals surface area contributed by atoms with Gasteiger partial charge in [0.05, 0.1) is 4.99 Å². The molecule has 0 bridgehead atoms. The molecular weight excluding hydrogens is 405 g/mol. The normalized spacial score (nSPS) is 10.4. The summed E-state index contributed by atoms with van der Waals surface area (Å²) < 4.78 is 7.16. The molecule has 0 fully saturated rings. The molecule has 1 N–H and O–H groups in total. The zero-order valence-electron chi connectivity index (χ0n) is 13.1. The number of aryl methyl sites for hydroxylation is 2. The van der Waals surface area contributed by atoms with Gasteiger partial charge < -0.3 is 10.1 Å². The summed E-state index contributed by atoms with van der Waals surface area (Å²) in [5.41, 5.74) is 4.54. The number of benzene rings is 2. The Morgan fingerprint density at radius 1 is 1.18 bits per heavy atom. The Morgan fingerprint density at radius 2 is 1.95 bits per heavy atom. The van der Waals surface area contributed by atoms with Crippen molar-refractivity contribution in [3.63, 3.8) is 0 Å². The molecule has 116 valence electrons. The Balaban J connectivity index is 2.16. The van der Waals surface area contributed by atoms with E-state index in [4.69, 9.17) is 17.0 Å². The monoisotopic (exact) mass is 425 g/mol. The molecule has 0 heterocycles. The molecule has 0 saturated heterocycles. The van der Waals surface area contributed by atoms with Gasteiger partial charge in [0.15, 0.2) is 0 Å². The predicted octanol–water partition coefficient (Wildman–Crippen LogP) is 5.64. The maximum Gasteiger partial charge on any atom is 0.122 e. The van der Waals surface area contributed by atoms with Gasteiger partial charge in [0.2, 0.25) is 0 Å². The molecule has 0 unspecified atom stereocenters. The van der Waals surface area contributed by atoms with Crippen LogP contribution in [-0.2, 0) is 6.61 Å². The first-order valence-corrected chi connectivity index (χ1v) is 8.76. The highest BCUT2D eigenvalue weighted by molar-refractivity contribution is 14.1. The minimum Gasteiger partial charge on any atom is -0.489 e. The number of halogens is 1. The van der Waals surface area contributed by atoms with Gasteiger partial charge >= 0.3 is 0 Å². The second-order valence-electron chi connectivity index (χ2n) is 5.26. The summed E-state index contributed by atoms with van der Waals surface area (Å²) in [6, 6.07) is 12.5. The molecule has 0 aromatic heterocycles. The van der Waals surface area contributed by atoms with E-state index < -0.39 is 0 Å². The Morgan fingerprint density at radius 3 is 2.64 bits per heavy atom. The number of hydrogen-bond donors (Lipinski definition) is 1. The highest BCUT2D eigenvalue weighted by Crippen LogP contribution is 2.24. The molecule has 0 aliphatic carbocycles. The summed E-state index contributed by atoms with van der Waals surface area (Å²) in [5, 5.41) is 3.31. The number of rotatable bonds is 5. The van der Waals surface area contributed by atoms with Crippen molar-refractivity contribution in [1.29, 1.82) is 0 Å². The summed E-state index contributed by atoms with van der Waals surface area (Å²) in [4.78, 5) is 0.842. The molecule has 0 amide bonds. The van der Waals surface area contributed by atoms with Crippen molar-refractivity contribution in [2.75, 3.05) is 5.32 Å². The van der Waals surface area contributed by atoms with Gasteiger partial charge in [0, 0.05) is 14.8 Å². The van der Waals surface area contributed by atoms with Crippen LogP contribution in [0.4, 0.5) is 5.69 Å². The van der Waals surface area contributed by atoms with Crippen LogP contribution in [0.2, 0.25) is 0 Å². The van der Waals surface area contributed by atoms with E-state index in [1.54, 1.807) is 0 Å². The van der Waals surface area contributed by atoms with Crippen molar-refractivity contribution >= 4 is 45.5 Å². The fraction of sp³-hybridized carbons (Fsp3) is 0.278. The van der Waals surface area contributed by atoms with Crippen molar-refractivity contribution < 1.29 is 4.74 Å². The summed E-state index contributed by atoms with van der Waals surface area (Å²) in [7, 11) is 0. The van der Waals surface area contributed by atoms with Crippen LogP contribution in [0.25, 0.3) is 0 Å². The minimum atomic E-state index is 0.523. The van der Waals surface area contributed by atoms with E-state index in [1.165, 1.54) is 9.13 Å². The standard InChI is InChI=1S/C18H20INOS/c1-4-18(22)20-16-10-15(19)7-6-14(16)11-21-17-8-5-12(2)9-13(17)3/h5-10H,4,11H2,1-3H3,(H,20,22). The van der Waals surface area contributed by atoms with Gasteiger partial charge in [0.1, 0.15) is 12.4 Å². The average Bonchev–Trinajstić information content (AvgIpc) is 2.48. The fourth-order valence-electron chi connectivity index (χ4n) is 2.15. The van der Waals surface area contributed by atoms with E-state index in [0.29, 0.717) is 6.61 Å². The highest BCUT2D eigenvalue weighted by Gasteiger charge is 2.07. The lowest BCUT2D eigenvalue weighted by Gasteiger charge is -2.15. The van der Waals surface area contributed by atoms with Gasteiger partial charge in [0.25, 0.3) is 0 Å². The van der Waals surface area contributed by atoms with Crippen molar-refractivity contribution in [1.82, 2.24) is 0 Å². The van der Waals surface area contributed by atoms with Gasteiger partial charge in [-0.25, -0.2) is 0 Å². The molecule has 0 aliphatic rings. The first-order chi connectivity index (χ1) is 10.5. The van der Waals surface area contributed by atoms with Crippen molar-refractivity contribution in [2.45, 2.75) is 33.8 Å². The van der Waals surface area contributed by atoms with Gasteiger partial charge in [-0.1, -0.05) is 42.9 Å². The summed E-state index contributed by atoms with van der Waals surface area (Å²) in [6.45, 7) is 6.73. The molecule has 22 heavy (non-hydrogen) atoms. The zero-order valence-corrected chi connectivity index (χ0v) is 16.0. The van der Waals surface area contributed by atoms with Crippen LogP contribution in [0.15, 0.2) is 36.4 Å². The van der Waals surface area contributed by atoms with Crippen molar-refractivity contribution in [2.24, 2.45) is 0 Å². The van der Waals surface area contributed by atoms with Crippen LogP contribution < -0.4 is 10.1 Å².